The molecule has 0 aliphatic carbocycles. The summed E-state index contributed by atoms with van der Waals surface area (Å²) in [5.41, 5.74) is 0.900. The summed E-state index contributed by atoms with van der Waals surface area (Å²) in [6, 6.07) is 4.62. The van der Waals surface area contributed by atoms with Crippen LogP contribution in [0, 0.1) is 0 Å². The lowest BCUT2D eigenvalue weighted by atomic mass is 10.2. The van der Waals surface area contributed by atoms with E-state index in [-0.39, 0.29) is 0 Å². The van der Waals surface area contributed by atoms with E-state index in [4.69, 9.17) is 28.3 Å². The summed E-state index contributed by atoms with van der Waals surface area (Å²) in [5.74, 6) is -0.880. The molecule has 0 bridgehead atoms. The van der Waals surface area contributed by atoms with Gasteiger partial charge in [0.05, 0.1) is 10.0 Å². The third-order valence-corrected chi connectivity index (χ3v) is 2.71. The van der Waals surface area contributed by atoms with Crippen LogP contribution >= 0.6 is 23.2 Å². The van der Waals surface area contributed by atoms with Crippen LogP contribution in [0.3, 0.4) is 0 Å². The van der Waals surface area contributed by atoms with Gasteiger partial charge in [-0.25, -0.2) is 0 Å². The molecule has 0 saturated heterocycles. The quantitative estimate of drug-likeness (QED) is 0.860. The van der Waals surface area contributed by atoms with Crippen molar-refractivity contribution in [2.24, 2.45) is 0 Å². The minimum atomic E-state index is -0.880. The molecule has 3 nitrogen and oxygen atoms in total. The van der Waals surface area contributed by atoms with Crippen molar-refractivity contribution in [3.8, 4) is 0 Å². The molecule has 0 fully saturated rings. The van der Waals surface area contributed by atoms with E-state index < -0.39 is 12.0 Å². The number of carbonyl (C=O) groups is 1. The van der Waals surface area contributed by atoms with Gasteiger partial charge in [-0.1, -0.05) is 29.3 Å². The van der Waals surface area contributed by atoms with Crippen molar-refractivity contribution in [1.29, 1.82) is 0 Å². The van der Waals surface area contributed by atoms with E-state index in [9.17, 15) is 4.79 Å². The zero-order valence-corrected chi connectivity index (χ0v) is 9.64. The van der Waals surface area contributed by atoms with Gasteiger partial charge >= 0.3 is 5.97 Å². The number of carboxylic acids is 1. The first-order chi connectivity index (χ1) is 7.00. The largest absolute Gasteiger partial charge is 0.480 e. The first-order valence-corrected chi connectivity index (χ1v) is 5.16. The van der Waals surface area contributed by atoms with Crippen molar-refractivity contribution in [1.82, 2.24) is 5.32 Å². The maximum atomic E-state index is 10.5. The molecule has 0 amide bonds. The molecule has 0 radical (unpaired) electrons. The molecule has 1 atom stereocenters. The molecule has 1 rings (SSSR count). The Kier molecular flexibility index (Phi) is 4.39. The Morgan fingerprint density at radius 1 is 1.47 bits per heavy atom. The number of nitrogens with one attached hydrogen (secondary N) is 1. The van der Waals surface area contributed by atoms with Crippen LogP contribution in [0.15, 0.2) is 18.2 Å². The second kappa shape index (κ2) is 5.35. The fourth-order valence-corrected chi connectivity index (χ4v) is 1.33. The standard InChI is InChI=1S/C10H11Cl2NO2/c1-6(10(14)15)13-5-7-2-3-8(11)9(12)4-7/h2-4,6,13H,5H2,1H3,(H,14,15). The van der Waals surface area contributed by atoms with Crippen molar-refractivity contribution in [2.75, 3.05) is 0 Å². The highest BCUT2D eigenvalue weighted by molar-refractivity contribution is 6.42. The van der Waals surface area contributed by atoms with Gasteiger partial charge in [0.25, 0.3) is 0 Å². The third kappa shape index (κ3) is 3.70. The molecule has 82 valence electrons. The van der Waals surface area contributed by atoms with Crippen molar-refractivity contribution in [3.63, 3.8) is 0 Å². The lowest BCUT2D eigenvalue weighted by Crippen LogP contribution is -2.33. The Hall–Kier alpha value is -0.770. The summed E-state index contributed by atoms with van der Waals surface area (Å²) in [6.45, 7) is 2.03. The summed E-state index contributed by atoms with van der Waals surface area (Å²) < 4.78 is 0. The Bertz CT molecular complexity index is 368. The summed E-state index contributed by atoms with van der Waals surface area (Å²) in [5, 5.41) is 12.5. The monoisotopic (exact) mass is 247 g/mol. The molecule has 0 heterocycles. The minimum absolute atomic E-state index is 0.449. The highest BCUT2D eigenvalue weighted by Crippen LogP contribution is 2.22. The second-order valence-corrected chi connectivity index (χ2v) is 4.00. The summed E-state index contributed by atoms with van der Waals surface area (Å²) in [4.78, 5) is 10.5. The van der Waals surface area contributed by atoms with Crippen LogP contribution in [0.2, 0.25) is 10.0 Å². The maximum Gasteiger partial charge on any atom is 0.320 e. The normalized spacial score (nSPS) is 12.5. The zero-order valence-electron chi connectivity index (χ0n) is 8.13. The third-order valence-electron chi connectivity index (χ3n) is 1.97. The number of benzene rings is 1. The first kappa shape index (κ1) is 12.3. The smallest absolute Gasteiger partial charge is 0.320 e. The van der Waals surface area contributed by atoms with E-state index in [1.807, 2.05) is 0 Å². The Labute approximate surface area is 98.0 Å². The van der Waals surface area contributed by atoms with E-state index in [1.54, 1.807) is 25.1 Å². The van der Waals surface area contributed by atoms with Crippen LogP contribution in [-0.4, -0.2) is 17.1 Å². The van der Waals surface area contributed by atoms with Gasteiger partial charge in [0.15, 0.2) is 0 Å². The molecule has 0 aliphatic heterocycles. The molecule has 1 unspecified atom stereocenters. The number of hydrogen-bond acceptors (Lipinski definition) is 2. The number of halogens is 2. The van der Waals surface area contributed by atoms with Crippen LogP contribution in [0.5, 0.6) is 0 Å². The van der Waals surface area contributed by atoms with E-state index in [0.29, 0.717) is 16.6 Å². The topological polar surface area (TPSA) is 49.3 Å². The summed E-state index contributed by atoms with van der Waals surface area (Å²) >= 11 is 11.6. The second-order valence-electron chi connectivity index (χ2n) is 3.19. The van der Waals surface area contributed by atoms with Crippen LogP contribution in [0.4, 0.5) is 0 Å². The van der Waals surface area contributed by atoms with Crippen molar-refractivity contribution in [3.05, 3.63) is 33.8 Å². The van der Waals surface area contributed by atoms with Gasteiger partial charge in [-0.05, 0) is 24.6 Å². The van der Waals surface area contributed by atoms with Crippen LogP contribution in [0.25, 0.3) is 0 Å². The molecule has 15 heavy (non-hydrogen) atoms. The van der Waals surface area contributed by atoms with Gasteiger partial charge in [-0.3, -0.25) is 4.79 Å². The molecule has 0 spiro atoms. The molecule has 0 aliphatic rings. The lowest BCUT2D eigenvalue weighted by Gasteiger charge is -2.09. The molecule has 0 saturated carbocycles. The van der Waals surface area contributed by atoms with Gasteiger partial charge < -0.3 is 10.4 Å². The van der Waals surface area contributed by atoms with E-state index in [0.717, 1.165) is 5.56 Å². The average molecular weight is 248 g/mol. The van der Waals surface area contributed by atoms with Gasteiger partial charge in [0, 0.05) is 6.54 Å². The maximum absolute atomic E-state index is 10.5. The number of carboxylic acid groups (broad SMARTS) is 1. The predicted molar refractivity (Wildman–Crippen MR) is 60.4 cm³/mol. The van der Waals surface area contributed by atoms with Gasteiger partial charge in [-0.15, -0.1) is 0 Å². The Morgan fingerprint density at radius 2 is 2.13 bits per heavy atom. The van der Waals surface area contributed by atoms with E-state index in [2.05, 4.69) is 5.32 Å². The molecule has 2 N–H and O–H groups in total. The van der Waals surface area contributed by atoms with Crippen LogP contribution in [0.1, 0.15) is 12.5 Å². The molecular formula is C10H11Cl2NO2. The molecule has 0 aromatic heterocycles. The van der Waals surface area contributed by atoms with Crippen LogP contribution < -0.4 is 5.32 Å². The fourth-order valence-electron chi connectivity index (χ4n) is 1.01. The summed E-state index contributed by atoms with van der Waals surface area (Å²) in [7, 11) is 0. The molecule has 1 aromatic carbocycles. The Morgan fingerprint density at radius 3 is 2.67 bits per heavy atom. The molecular weight excluding hydrogens is 237 g/mol. The van der Waals surface area contributed by atoms with Crippen LogP contribution in [-0.2, 0) is 11.3 Å². The first-order valence-electron chi connectivity index (χ1n) is 4.41. The van der Waals surface area contributed by atoms with Gasteiger partial charge in [0.1, 0.15) is 6.04 Å². The predicted octanol–water partition coefficient (Wildman–Crippen LogP) is 2.56. The summed E-state index contributed by atoms with van der Waals surface area (Å²) in [6.07, 6.45) is 0. The molecule has 1 aromatic rings. The van der Waals surface area contributed by atoms with Crippen molar-refractivity contribution in [2.45, 2.75) is 19.5 Å². The van der Waals surface area contributed by atoms with E-state index >= 15 is 0 Å². The fraction of sp³-hybridized carbons (Fsp3) is 0.300. The number of hydrogen-bond donors (Lipinski definition) is 2. The minimum Gasteiger partial charge on any atom is -0.480 e. The number of aliphatic carboxylic acids is 1. The van der Waals surface area contributed by atoms with Crippen molar-refractivity contribution < 1.29 is 9.90 Å². The SMILES string of the molecule is CC(NCc1ccc(Cl)c(Cl)c1)C(=O)O. The average Bonchev–Trinajstić information content (AvgIpc) is 2.19. The van der Waals surface area contributed by atoms with Crippen molar-refractivity contribution >= 4 is 29.2 Å². The van der Waals surface area contributed by atoms with Gasteiger partial charge in [-0.2, -0.15) is 0 Å². The van der Waals surface area contributed by atoms with E-state index in [1.165, 1.54) is 0 Å². The lowest BCUT2D eigenvalue weighted by molar-refractivity contribution is -0.139. The van der Waals surface area contributed by atoms with Gasteiger partial charge in [0.2, 0.25) is 0 Å². The highest BCUT2D eigenvalue weighted by atomic mass is 35.5. The number of rotatable bonds is 4. The molecule has 5 heteroatoms. The zero-order chi connectivity index (χ0) is 11.4. The Balaban J connectivity index is 2.58. The highest BCUT2D eigenvalue weighted by Gasteiger charge is 2.09.